The number of hydrogen-bond acceptors (Lipinski definition) is 3. The summed E-state index contributed by atoms with van der Waals surface area (Å²) in [5.41, 5.74) is 0.288. The molecule has 0 radical (unpaired) electrons. The predicted molar refractivity (Wildman–Crippen MR) is 65.2 cm³/mol. The average Bonchev–Trinajstić information content (AvgIpc) is 2.29. The SMILES string of the molecule is COC(=O)CC(C)(CO)c1ccccc1Br. The van der Waals surface area contributed by atoms with Gasteiger partial charge in [-0.05, 0) is 11.6 Å². The first-order valence-electron chi connectivity index (χ1n) is 4.96. The van der Waals surface area contributed by atoms with Crippen LogP contribution < -0.4 is 0 Å². The smallest absolute Gasteiger partial charge is 0.306 e. The fraction of sp³-hybridized carbons (Fsp3) is 0.417. The van der Waals surface area contributed by atoms with Crippen LogP contribution in [0.15, 0.2) is 28.7 Å². The second-order valence-corrected chi connectivity index (χ2v) is 4.81. The molecule has 0 amide bonds. The number of carbonyl (C=O) groups is 1. The van der Waals surface area contributed by atoms with E-state index in [1.807, 2.05) is 31.2 Å². The number of ether oxygens (including phenoxy) is 1. The van der Waals surface area contributed by atoms with Crippen LogP contribution in [0.25, 0.3) is 0 Å². The van der Waals surface area contributed by atoms with Gasteiger partial charge in [0.15, 0.2) is 0 Å². The number of rotatable bonds is 4. The minimum Gasteiger partial charge on any atom is -0.469 e. The highest BCUT2D eigenvalue weighted by Crippen LogP contribution is 2.33. The zero-order valence-corrected chi connectivity index (χ0v) is 11.0. The molecule has 88 valence electrons. The maximum absolute atomic E-state index is 11.3. The number of hydrogen-bond donors (Lipinski definition) is 1. The molecule has 1 unspecified atom stereocenters. The molecule has 1 rings (SSSR count). The number of esters is 1. The molecule has 0 spiro atoms. The van der Waals surface area contributed by atoms with Crippen LogP contribution in [0.5, 0.6) is 0 Å². The predicted octanol–water partition coefficient (Wildman–Crippen LogP) is 2.26. The van der Waals surface area contributed by atoms with Crippen LogP contribution >= 0.6 is 15.9 Å². The Kier molecular flexibility index (Phi) is 4.50. The van der Waals surface area contributed by atoms with Gasteiger partial charge in [0.05, 0.1) is 20.1 Å². The number of carbonyl (C=O) groups excluding carboxylic acids is 1. The van der Waals surface area contributed by atoms with Gasteiger partial charge < -0.3 is 9.84 Å². The molecule has 1 aromatic rings. The molecule has 1 atom stereocenters. The Hall–Kier alpha value is -0.870. The summed E-state index contributed by atoms with van der Waals surface area (Å²) in [7, 11) is 1.35. The zero-order valence-electron chi connectivity index (χ0n) is 9.37. The van der Waals surface area contributed by atoms with Crippen molar-refractivity contribution in [3.8, 4) is 0 Å². The Morgan fingerprint density at radius 1 is 1.50 bits per heavy atom. The second-order valence-electron chi connectivity index (χ2n) is 3.95. The lowest BCUT2D eigenvalue weighted by molar-refractivity contribution is -0.142. The number of aliphatic hydroxyl groups is 1. The van der Waals surface area contributed by atoms with Gasteiger partial charge in [-0.15, -0.1) is 0 Å². The van der Waals surface area contributed by atoms with E-state index in [1.165, 1.54) is 7.11 Å². The van der Waals surface area contributed by atoms with Gasteiger partial charge in [-0.25, -0.2) is 0 Å². The number of methoxy groups -OCH3 is 1. The monoisotopic (exact) mass is 286 g/mol. The van der Waals surface area contributed by atoms with E-state index < -0.39 is 5.41 Å². The fourth-order valence-corrected chi connectivity index (χ4v) is 2.34. The molecule has 16 heavy (non-hydrogen) atoms. The van der Waals surface area contributed by atoms with Gasteiger partial charge >= 0.3 is 5.97 Å². The summed E-state index contributed by atoms with van der Waals surface area (Å²) in [6, 6.07) is 7.55. The lowest BCUT2D eigenvalue weighted by Crippen LogP contribution is -2.30. The summed E-state index contributed by atoms with van der Waals surface area (Å²) in [6.45, 7) is 1.73. The third kappa shape index (κ3) is 2.83. The van der Waals surface area contributed by atoms with Crippen molar-refractivity contribution in [3.63, 3.8) is 0 Å². The normalized spacial score (nSPS) is 14.2. The van der Waals surface area contributed by atoms with E-state index in [0.29, 0.717) is 0 Å². The first-order valence-corrected chi connectivity index (χ1v) is 5.75. The van der Waals surface area contributed by atoms with Gasteiger partial charge in [-0.1, -0.05) is 41.1 Å². The Labute approximate surface area is 104 Å². The van der Waals surface area contributed by atoms with E-state index in [9.17, 15) is 9.90 Å². The molecule has 0 aliphatic carbocycles. The topological polar surface area (TPSA) is 46.5 Å². The van der Waals surface area contributed by atoms with Gasteiger partial charge in [0.2, 0.25) is 0 Å². The molecule has 0 fully saturated rings. The van der Waals surface area contributed by atoms with Crippen molar-refractivity contribution in [2.45, 2.75) is 18.8 Å². The quantitative estimate of drug-likeness (QED) is 0.864. The second kappa shape index (κ2) is 5.46. The molecule has 0 saturated heterocycles. The van der Waals surface area contributed by atoms with Crippen LogP contribution in [-0.2, 0) is 14.9 Å². The van der Waals surface area contributed by atoms with Gasteiger partial charge in [0, 0.05) is 9.89 Å². The van der Waals surface area contributed by atoms with Crippen molar-refractivity contribution >= 4 is 21.9 Å². The maximum Gasteiger partial charge on any atom is 0.306 e. The number of aliphatic hydroxyl groups excluding tert-OH is 1. The number of halogens is 1. The first-order chi connectivity index (χ1) is 7.53. The fourth-order valence-electron chi connectivity index (χ4n) is 1.58. The third-order valence-corrected chi connectivity index (χ3v) is 3.33. The van der Waals surface area contributed by atoms with Crippen molar-refractivity contribution in [2.75, 3.05) is 13.7 Å². The summed E-state index contributed by atoms with van der Waals surface area (Å²) in [5, 5.41) is 9.48. The van der Waals surface area contributed by atoms with Crippen molar-refractivity contribution in [1.29, 1.82) is 0 Å². The van der Waals surface area contributed by atoms with Gasteiger partial charge in [0.1, 0.15) is 0 Å². The zero-order chi connectivity index (χ0) is 12.2. The Morgan fingerprint density at radius 2 is 2.12 bits per heavy atom. The molecule has 0 aliphatic rings. The lowest BCUT2D eigenvalue weighted by Gasteiger charge is -2.27. The van der Waals surface area contributed by atoms with E-state index >= 15 is 0 Å². The minimum absolute atomic E-state index is 0.106. The summed E-state index contributed by atoms with van der Waals surface area (Å²) in [5.74, 6) is -0.327. The Balaban J connectivity index is 3.05. The van der Waals surface area contributed by atoms with Crippen molar-refractivity contribution in [1.82, 2.24) is 0 Å². The standard InChI is InChI=1S/C12H15BrO3/c1-12(8-14,7-11(15)16-2)9-5-3-4-6-10(9)13/h3-6,14H,7-8H2,1-2H3. The van der Waals surface area contributed by atoms with Crippen molar-refractivity contribution < 1.29 is 14.6 Å². The van der Waals surface area contributed by atoms with Crippen molar-refractivity contribution in [3.05, 3.63) is 34.3 Å². The van der Waals surface area contributed by atoms with E-state index in [-0.39, 0.29) is 19.0 Å². The van der Waals surface area contributed by atoms with Crippen LogP contribution in [0.3, 0.4) is 0 Å². The summed E-state index contributed by atoms with van der Waals surface area (Å²) >= 11 is 3.42. The molecule has 1 aromatic carbocycles. The average molecular weight is 287 g/mol. The van der Waals surface area contributed by atoms with Crippen LogP contribution in [-0.4, -0.2) is 24.8 Å². The molecule has 0 bridgehead atoms. The highest BCUT2D eigenvalue weighted by atomic mass is 79.9. The van der Waals surface area contributed by atoms with Crippen LogP contribution in [0.4, 0.5) is 0 Å². The molecule has 4 heteroatoms. The summed E-state index contributed by atoms with van der Waals surface area (Å²) < 4.78 is 5.53. The summed E-state index contributed by atoms with van der Waals surface area (Å²) in [4.78, 5) is 11.3. The van der Waals surface area contributed by atoms with Gasteiger partial charge in [0.25, 0.3) is 0 Å². The van der Waals surface area contributed by atoms with Crippen molar-refractivity contribution in [2.24, 2.45) is 0 Å². The van der Waals surface area contributed by atoms with Gasteiger partial charge in [-0.3, -0.25) is 4.79 Å². The van der Waals surface area contributed by atoms with Crippen LogP contribution in [0.1, 0.15) is 18.9 Å². The Bertz CT molecular complexity index is 378. The highest BCUT2D eigenvalue weighted by molar-refractivity contribution is 9.10. The maximum atomic E-state index is 11.3. The molecule has 0 aliphatic heterocycles. The highest BCUT2D eigenvalue weighted by Gasteiger charge is 2.31. The Morgan fingerprint density at radius 3 is 2.62 bits per heavy atom. The molecule has 0 heterocycles. The van der Waals surface area contributed by atoms with E-state index in [0.717, 1.165) is 10.0 Å². The lowest BCUT2D eigenvalue weighted by atomic mass is 9.80. The third-order valence-electron chi connectivity index (χ3n) is 2.64. The summed E-state index contributed by atoms with van der Waals surface area (Å²) in [6.07, 6.45) is 0.155. The molecule has 3 nitrogen and oxygen atoms in total. The molecule has 0 aromatic heterocycles. The van der Waals surface area contributed by atoms with Gasteiger partial charge in [-0.2, -0.15) is 0 Å². The largest absolute Gasteiger partial charge is 0.469 e. The van der Waals surface area contributed by atoms with Crippen LogP contribution in [0.2, 0.25) is 0 Å². The number of benzene rings is 1. The van der Waals surface area contributed by atoms with E-state index in [4.69, 9.17) is 0 Å². The molecular weight excluding hydrogens is 272 g/mol. The van der Waals surface area contributed by atoms with Crippen LogP contribution in [0, 0.1) is 0 Å². The molecule has 0 saturated carbocycles. The molecule has 1 N–H and O–H groups in total. The molecular formula is C12H15BrO3. The van der Waals surface area contributed by atoms with E-state index in [2.05, 4.69) is 20.7 Å². The minimum atomic E-state index is -0.618. The first kappa shape index (κ1) is 13.2. The van der Waals surface area contributed by atoms with E-state index in [1.54, 1.807) is 0 Å².